The highest BCUT2D eigenvalue weighted by molar-refractivity contribution is 6.01. The number of likely N-dealkylation sites (tertiary alicyclic amines) is 1. The van der Waals surface area contributed by atoms with Crippen LogP contribution in [0.25, 0.3) is 0 Å². The number of aromatic nitrogens is 2. The van der Waals surface area contributed by atoms with Gasteiger partial charge < -0.3 is 10.6 Å². The fourth-order valence-electron chi connectivity index (χ4n) is 1.94. The lowest BCUT2D eigenvalue weighted by molar-refractivity contribution is -0.146. The maximum Gasteiger partial charge on any atom is 0.251 e. The number of hydrogen-bond donors (Lipinski definition) is 2. The summed E-state index contributed by atoms with van der Waals surface area (Å²) in [7, 11) is 1.50. The van der Waals surface area contributed by atoms with Gasteiger partial charge in [0.05, 0.1) is 0 Å². The normalized spacial score (nSPS) is 19.5. The molecule has 7 nitrogen and oxygen atoms in total. The van der Waals surface area contributed by atoms with Crippen molar-refractivity contribution >= 4 is 23.5 Å². The number of anilines is 2. The number of nitrogens with zero attached hydrogens (tertiary/aromatic N) is 3. The largest absolute Gasteiger partial charge is 0.370 e. The lowest BCUT2D eigenvalue weighted by Gasteiger charge is -2.28. The zero-order valence-electron chi connectivity index (χ0n) is 11.0. The molecule has 2 amide bonds. The quantitative estimate of drug-likeness (QED) is 0.768. The minimum absolute atomic E-state index is 0.140. The second-order valence-corrected chi connectivity index (χ2v) is 4.35. The molecule has 2 N–H and O–H groups in total. The minimum atomic E-state index is -0.410. The Morgan fingerprint density at radius 1 is 1.37 bits per heavy atom. The molecule has 1 aliphatic heterocycles. The fourth-order valence-corrected chi connectivity index (χ4v) is 1.94. The SMILES string of the molecule is CCNc1cc(NC2CCC(=O)N(C)C2=O)ncn1. The fraction of sp³-hybridized carbons (Fsp3) is 0.500. The van der Waals surface area contributed by atoms with E-state index in [9.17, 15) is 9.59 Å². The van der Waals surface area contributed by atoms with Gasteiger partial charge >= 0.3 is 0 Å². The number of carbonyl (C=O) groups is 2. The van der Waals surface area contributed by atoms with Gasteiger partial charge in [-0.3, -0.25) is 14.5 Å². The molecule has 0 radical (unpaired) electrons. The topological polar surface area (TPSA) is 87.2 Å². The van der Waals surface area contributed by atoms with E-state index in [1.807, 2.05) is 6.92 Å². The average Bonchev–Trinajstić information content (AvgIpc) is 2.40. The van der Waals surface area contributed by atoms with Crippen LogP contribution >= 0.6 is 0 Å². The summed E-state index contributed by atoms with van der Waals surface area (Å²) in [4.78, 5) is 32.6. The van der Waals surface area contributed by atoms with Crippen LogP contribution in [0.3, 0.4) is 0 Å². The Labute approximate surface area is 111 Å². The maximum absolute atomic E-state index is 11.9. The molecule has 19 heavy (non-hydrogen) atoms. The Hall–Kier alpha value is -2.18. The molecule has 1 unspecified atom stereocenters. The highest BCUT2D eigenvalue weighted by atomic mass is 16.2. The second-order valence-electron chi connectivity index (χ2n) is 4.35. The Morgan fingerprint density at radius 3 is 2.84 bits per heavy atom. The van der Waals surface area contributed by atoms with Crippen molar-refractivity contribution in [1.82, 2.24) is 14.9 Å². The van der Waals surface area contributed by atoms with Crippen LogP contribution in [-0.2, 0) is 9.59 Å². The summed E-state index contributed by atoms with van der Waals surface area (Å²) in [6, 6.07) is 1.33. The third kappa shape index (κ3) is 2.98. The number of likely N-dealkylation sites (N-methyl/N-ethyl adjacent to an activating group) is 1. The number of piperidine rings is 1. The summed E-state index contributed by atoms with van der Waals surface area (Å²) in [5.41, 5.74) is 0. The van der Waals surface area contributed by atoms with Crippen molar-refractivity contribution in [1.29, 1.82) is 0 Å². The molecule has 1 aromatic rings. The summed E-state index contributed by atoms with van der Waals surface area (Å²) >= 11 is 0. The molecule has 2 heterocycles. The molecule has 1 fully saturated rings. The third-order valence-corrected chi connectivity index (χ3v) is 3.00. The molecule has 1 aromatic heterocycles. The van der Waals surface area contributed by atoms with Crippen molar-refractivity contribution in [3.05, 3.63) is 12.4 Å². The molecule has 0 bridgehead atoms. The van der Waals surface area contributed by atoms with Gasteiger partial charge in [0, 0.05) is 26.1 Å². The van der Waals surface area contributed by atoms with Crippen molar-refractivity contribution in [3.8, 4) is 0 Å². The van der Waals surface area contributed by atoms with Crippen molar-refractivity contribution < 1.29 is 9.59 Å². The standard InChI is InChI=1S/C12H17N5O2/c1-3-13-9-6-10(15-7-14-9)16-8-4-5-11(18)17(2)12(8)19/h6-8H,3-5H2,1-2H3,(H2,13,14,15,16). The van der Waals surface area contributed by atoms with E-state index in [1.165, 1.54) is 13.4 Å². The molecule has 1 saturated heterocycles. The number of nitrogens with one attached hydrogen (secondary N) is 2. The van der Waals surface area contributed by atoms with Crippen LogP contribution in [0.2, 0.25) is 0 Å². The van der Waals surface area contributed by atoms with E-state index < -0.39 is 6.04 Å². The Bertz CT molecular complexity index is 491. The van der Waals surface area contributed by atoms with Gasteiger partial charge in [0.2, 0.25) is 5.91 Å². The van der Waals surface area contributed by atoms with Gasteiger partial charge in [0.25, 0.3) is 5.91 Å². The predicted molar refractivity (Wildman–Crippen MR) is 70.6 cm³/mol. The van der Waals surface area contributed by atoms with Crippen LogP contribution in [0.15, 0.2) is 12.4 Å². The zero-order valence-corrected chi connectivity index (χ0v) is 11.0. The van der Waals surface area contributed by atoms with Crippen LogP contribution in [0, 0.1) is 0 Å². The first-order valence-electron chi connectivity index (χ1n) is 6.24. The average molecular weight is 263 g/mol. The first kappa shape index (κ1) is 13.3. The number of carbonyl (C=O) groups excluding carboxylic acids is 2. The Kier molecular flexibility index (Phi) is 3.94. The summed E-state index contributed by atoms with van der Waals surface area (Å²) in [6.45, 7) is 2.73. The number of amides is 2. The highest BCUT2D eigenvalue weighted by Gasteiger charge is 2.31. The molecular formula is C12H17N5O2. The predicted octanol–water partition coefficient (Wildman–Crippen LogP) is 0.468. The van der Waals surface area contributed by atoms with Crippen molar-refractivity contribution in [3.63, 3.8) is 0 Å². The van der Waals surface area contributed by atoms with Gasteiger partial charge in [-0.2, -0.15) is 0 Å². The maximum atomic E-state index is 11.9. The van der Waals surface area contributed by atoms with E-state index in [1.54, 1.807) is 6.07 Å². The Morgan fingerprint density at radius 2 is 2.11 bits per heavy atom. The number of hydrogen-bond acceptors (Lipinski definition) is 6. The molecule has 1 atom stereocenters. The smallest absolute Gasteiger partial charge is 0.251 e. The van der Waals surface area contributed by atoms with E-state index >= 15 is 0 Å². The first-order valence-corrected chi connectivity index (χ1v) is 6.24. The lowest BCUT2D eigenvalue weighted by Crippen LogP contribution is -2.48. The summed E-state index contributed by atoms with van der Waals surface area (Å²) in [5.74, 6) is 0.915. The third-order valence-electron chi connectivity index (χ3n) is 3.00. The summed E-state index contributed by atoms with van der Waals surface area (Å²) in [6.07, 6.45) is 2.29. The monoisotopic (exact) mass is 263 g/mol. The van der Waals surface area contributed by atoms with Gasteiger partial charge in [0.15, 0.2) is 0 Å². The first-order chi connectivity index (χ1) is 9.11. The van der Waals surface area contributed by atoms with E-state index in [4.69, 9.17) is 0 Å². The lowest BCUT2D eigenvalue weighted by atomic mass is 10.0. The van der Waals surface area contributed by atoms with E-state index in [-0.39, 0.29) is 11.8 Å². The molecule has 2 rings (SSSR count). The minimum Gasteiger partial charge on any atom is -0.370 e. The van der Waals surface area contributed by atoms with E-state index in [0.717, 1.165) is 11.4 Å². The molecular weight excluding hydrogens is 246 g/mol. The van der Waals surface area contributed by atoms with Crippen LogP contribution in [0.5, 0.6) is 0 Å². The van der Waals surface area contributed by atoms with Gasteiger partial charge in [-0.25, -0.2) is 9.97 Å². The van der Waals surface area contributed by atoms with E-state index in [0.29, 0.717) is 24.5 Å². The van der Waals surface area contributed by atoms with Crippen molar-refractivity contribution in [2.24, 2.45) is 0 Å². The van der Waals surface area contributed by atoms with Gasteiger partial charge in [-0.05, 0) is 13.3 Å². The van der Waals surface area contributed by atoms with Crippen molar-refractivity contribution in [2.45, 2.75) is 25.8 Å². The molecule has 0 spiro atoms. The molecule has 0 aliphatic carbocycles. The summed E-state index contributed by atoms with van der Waals surface area (Å²) < 4.78 is 0. The van der Waals surface area contributed by atoms with Gasteiger partial charge in [-0.1, -0.05) is 0 Å². The van der Waals surface area contributed by atoms with Gasteiger partial charge in [0.1, 0.15) is 24.0 Å². The van der Waals surface area contributed by atoms with Crippen LogP contribution in [0.4, 0.5) is 11.6 Å². The second kappa shape index (κ2) is 5.64. The molecule has 0 aromatic carbocycles. The molecule has 102 valence electrons. The number of imide groups is 1. The zero-order chi connectivity index (χ0) is 13.8. The molecule has 1 aliphatic rings. The van der Waals surface area contributed by atoms with Crippen LogP contribution in [0.1, 0.15) is 19.8 Å². The highest BCUT2D eigenvalue weighted by Crippen LogP contribution is 2.17. The van der Waals surface area contributed by atoms with Crippen molar-refractivity contribution in [2.75, 3.05) is 24.2 Å². The number of rotatable bonds is 4. The van der Waals surface area contributed by atoms with Crippen LogP contribution < -0.4 is 10.6 Å². The molecule has 7 heteroatoms. The van der Waals surface area contributed by atoms with E-state index in [2.05, 4.69) is 20.6 Å². The van der Waals surface area contributed by atoms with Gasteiger partial charge in [-0.15, -0.1) is 0 Å². The molecule has 0 saturated carbocycles. The Balaban J connectivity index is 2.06. The summed E-state index contributed by atoms with van der Waals surface area (Å²) in [5, 5.41) is 6.12. The van der Waals surface area contributed by atoms with Crippen LogP contribution in [-0.4, -0.2) is 46.3 Å².